The lowest BCUT2D eigenvalue weighted by atomic mass is 9.83. The van der Waals surface area contributed by atoms with E-state index in [9.17, 15) is 4.79 Å². The maximum atomic E-state index is 12.2. The lowest BCUT2D eigenvalue weighted by Crippen LogP contribution is -2.31. The minimum absolute atomic E-state index is 0.172. The fraction of sp³-hybridized carbons (Fsp3) is 0.583. The predicted molar refractivity (Wildman–Crippen MR) is 63.3 cm³/mol. The van der Waals surface area contributed by atoms with Gasteiger partial charge in [0.05, 0.1) is 4.88 Å². The number of thiophene rings is 1. The molecule has 0 aliphatic heterocycles. The Morgan fingerprint density at radius 3 is 2.93 bits per heavy atom. The summed E-state index contributed by atoms with van der Waals surface area (Å²) in [4.78, 5) is 13.1. The largest absolute Gasteiger partial charge is 0.328 e. The molecule has 1 heterocycles. The van der Waals surface area contributed by atoms with Gasteiger partial charge in [0.1, 0.15) is 0 Å². The number of carbonyl (C=O) groups excluding carboxylic acids is 1. The Morgan fingerprint density at radius 2 is 2.33 bits per heavy atom. The molecule has 1 aromatic heterocycles. The Labute approximate surface area is 94.5 Å². The number of ketones is 1. The molecular weight excluding hydrogens is 206 g/mol. The molecule has 0 spiro atoms. The second-order valence-corrected chi connectivity index (χ2v) is 5.34. The zero-order valence-corrected chi connectivity index (χ0v) is 9.85. The molecule has 1 fully saturated rings. The molecule has 3 heteroatoms. The summed E-state index contributed by atoms with van der Waals surface area (Å²) in [5, 5.41) is 1.99. The summed E-state index contributed by atoms with van der Waals surface area (Å²) in [5.74, 6) is 0.490. The van der Waals surface area contributed by atoms with E-state index in [1.165, 1.54) is 0 Å². The first-order valence-corrected chi connectivity index (χ1v) is 6.40. The van der Waals surface area contributed by atoms with Crippen molar-refractivity contribution in [3.8, 4) is 0 Å². The highest BCUT2D eigenvalue weighted by molar-refractivity contribution is 7.12. The molecule has 2 N–H and O–H groups in total. The van der Waals surface area contributed by atoms with Gasteiger partial charge in [0, 0.05) is 12.0 Å². The second-order valence-electron chi connectivity index (χ2n) is 4.42. The van der Waals surface area contributed by atoms with Crippen molar-refractivity contribution >= 4 is 17.1 Å². The summed E-state index contributed by atoms with van der Waals surface area (Å²) in [7, 11) is 0. The minimum atomic E-state index is 0.172. The molecule has 0 radical (unpaired) electrons. The van der Waals surface area contributed by atoms with Crippen molar-refractivity contribution in [2.24, 2.45) is 11.7 Å². The molecule has 1 saturated carbocycles. The van der Waals surface area contributed by atoms with E-state index in [0.29, 0.717) is 5.78 Å². The third kappa shape index (κ3) is 2.29. The topological polar surface area (TPSA) is 43.1 Å². The molecule has 2 rings (SSSR count). The van der Waals surface area contributed by atoms with E-state index in [1.54, 1.807) is 11.3 Å². The Bertz CT molecular complexity index is 358. The zero-order chi connectivity index (χ0) is 10.8. The zero-order valence-electron chi connectivity index (χ0n) is 9.03. The van der Waals surface area contributed by atoms with Crippen LogP contribution in [0.1, 0.15) is 40.9 Å². The Balaban J connectivity index is 2.11. The smallest absolute Gasteiger partial charge is 0.176 e. The van der Waals surface area contributed by atoms with Gasteiger partial charge in [-0.05, 0) is 43.2 Å². The van der Waals surface area contributed by atoms with E-state index in [1.807, 2.05) is 18.4 Å². The van der Waals surface area contributed by atoms with Crippen molar-refractivity contribution in [3.63, 3.8) is 0 Å². The van der Waals surface area contributed by atoms with Crippen LogP contribution in [0.25, 0.3) is 0 Å². The van der Waals surface area contributed by atoms with E-state index < -0.39 is 0 Å². The third-order valence-corrected chi connectivity index (χ3v) is 4.20. The van der Waals surface area contributed by atoms with E-state index in [0.717, 1.165) is 36.1 Å². The average molecular weight is 223 g/mol. The van der Waals surface area contributed by atoms with E-state index >= 15 is 0 Å². The van der Waals surface area contributed by atoms with Gasteiger partial charge in [0.2, 0.25) is 0 Å². The summed E-state index contributed by atoms with van der Waals surface area (Å²) in [6.45, 7) is 2.01. The van der Waals surface area contributed by atoms with Crippen LogP contribution in [0.4, 0.5) is 0 Å². The third-order valence-electron chi connectivity index (χ3n) is 3.17. The SMILES string of the molecule is Cc1ccsc1C(=O)C1CCCC(N)C1. The van der Waals surface area contributed by atoms with Crippen LogP contribution in [0, 0.1) is 12.8 Å². The first kappa shape index (κ1) is 10.8. The van der Waals surface area contributed by atoms with Crippen molar-refractivity contribution in [2.75, 3.05) is 0 Å². The average Bonchev–Trinajstić information content (AvgIpc) is 2.63. The first-order valence-electron chi connectivity index (χ1n) is 5.52. The fourth-order valence-electron chi connectivity index (χ4n) is 2.28. The van der Waals surface area contributed by atoms with Gasteiger partial charge in [0.25, 0.3) is 0 Å². The van der Waals surface area contributed by atoms with Gasteiger partial charge in [-0.1, -0.05) is 6.42 Å². The molecule has 82 valence electrons. The van der Waals surface area contributed by atoms with Crippen LogP contribution in [0.3, 0.4) is 0 Å². The van der Waals surface area contributed by atoms with Crippen molar-refractivity contribution in [3.05, 3.63) is 21.9 Å². The van der Waals surface area contributed by atoms with Gasteiger partial charge in [-0.15, -0.1) is 11.3 Å². The molecule has 0 saturated heterocycles. The molecule has 2 atom stereocenters. The van der Waals surface area contributed by atoms with E-state index in [-0.39, 0.29) is 12.0 Å². The summed E-state index contributed by atoms with van der Waals surface area (Å²) < 4.78 is 0. The molecule has 2 nitrogen and oxygen atoms in total. The monoisotopic (exact) mass is 223 g/mol. The molecule has 0 amide bonds. The lowest BCUT2D eigenvalue weighted by Gasteiger charge is -2.25. The number of Topliss-reactive ketones (excluding diaryl/α,β-unsaturated/α-hetero) is 1. The molecule has 1 aliphatic rings. The van der Waals surface area contributed by atoms with Crippen LogP contribution in [-0.4, -0.2) is 11.8 Å². The normalized spacial score (nSPS) is 26.5. The summed E-state index contributed by atoms with van der Waals surface area (Å²) in [6.07, 6.45) is 4.06. The fourth-order valence-corrected chi connectivity index (χ4v) is 3.22. The van der Waals surface area contributed by atoms with Gasteiger partial charge in [-0.2, -0.15) is 0 Å². The molecule has 2 unspecified atom stereocenters. The number of aryl methyl sites for hydroxylation is 1. The number of rotatable bonds is 2. The quantitative estimate of drug-likeness (QED) is 0.783. The molecule has 0 aromatic carbocycles. The van der Waals surface area contributed by atoms with E-state index in [4.69, 9.17) is 5.73 Å². The van der Waals surface area contributed by atoms with Crippen molar-refractivity contribution < 1.29 is 4.79 Å². The van der Waals surface area contributed by atoms with Gasteiger partial charge < -0.3 is 5.73 Å². The number of carbonyl (C=O) groups is 1. The predicted octanol–water partition coefficient (Wildman–Crippen LogP) is 2.76. The van der Waals surface area contributed by atoms with Gasteiger partial charge in [-0.3, -0.25) is 4.79 Å². The Morgan fingerprint density at radius 1 is 1.53 bits per heavy atom. The van der Waals surface area contributed by atoms with Crippen LogP contribution in [-0.2, 0) is 0 Å². The van der Waals surface area contributed by atoms with E-state index in [2.05, 4.69) is 0 Å². The number of hydrogen-bond acceptors (Lipinski definition) is 3. The summed E-state index contributed by atoms with van der Waals surface area (Å²) in [6, 6.07) is 2.24. The summed E-state index contributed by atoms with van der Waals surface area (Å²) in [5.41, 5.74) is 7.02. The maximum Gasteiger partial charge on any atom is 0.176 e. The second kappa shape index (κ2) is 4.45. The highest BCUT2D eigenvalue weighted by Gasteiger charge is 2.27. The van der Waals surface area contributed by atoms with Crippen LogP contribution >= 0.6 is 11.3 Å². The maximum absolute atomic E-state index is 12.2. The van der Waals surface area contributed by atoms with Crippen molar-refractivity contribution in [1.82, 2.24) is 0 Å². The van der Waals surface area contributed by atoms with Crippen LogP contribution in [0.2, 0.25) is 0 Å². The summed E-state index contributed by atoms with van der Waals surface area (Å²) >= 11 is 1.56. The van der Waals surface area contributed by atoms with Crippen LogP contribution in [0.15, 0.2) is 11.4 Å². The number of nitrogens with two attached hydrogens (primary N) is 1. The minimum Gasteiger partial charge on any atom is -0.328 e. The Hall–Kier alpha value is -0.670. The molecule has 1 aliphatic carbocycles. The van der Waals surface area contributed by atoms with Crippen LogP contribution < -0.4 is 5.73 Å². The molecular formula is C12H17NOS. The van der Waals surface area contributed by atoms with Crippen molar-refractivity contribution in [1.29, 1.82) is 0 Å². The molecule has 0 bridgehead atoms. The van der Waals surface area contributed by atoms with Gasteiger partial charge in [0.15, 0.2) is 5.78 Å². The molecule has 15 heavy (non-hydrogen) atoms. The van der Waals surface area contributed by atoms with Crippen LogP contribution in [0.5, 0.6) is 0 Å². The lowest BCUT2D eigenvalue weighted by molar-refractivity contribution is 0.0885. The highest BCUT2D eigenvalue weighted by atomic mass is 32.1. The number of hydrogen-bond donors (Lipinski definition) is 1. The molecule has 1 aromatic rings. The standard InChI is InChI=1S/C12H17NOS/c1-8-5-6-15-12(8)11(14)9-3-2-4-10(13)7-9/h5-6,9-10H,2-4,7,13H2,1H3. The van der Waals surface area contributed by atoms with Gasteiger partial charge in [-0.25, -0.2) is 0 Å². The highest BCUT2D eigenvalue weighted by Crippen LogP contribution is 2.29. The van der Waals surface area contributed by atoms with Crippen molar-refractivity contribution in [2.45, 2.75) is 38.6 Å². The Kier molecular flexibility index (Phi) is 3.22. The van der Waals surface area contributed by atoms with Gasteiger partial charge >= 0.3 is 0 Å². The first-order chi connectivity index (χ1) is 7.18.